The third-order valence-electron chi connectivity index (χ3n) is 4.31. The van der Waals surface area contributed by atoms with E-state index in [1.165, 1.54) is 0 Å². The van der Waals surface area contributed by atoms with Crippen molar-refractivity contribution in [2.45, 2.75) is 50.7 Å². The number of hydrogen-bond donors (Lipinski definition) is 4. The summed E-state index contributed by atoms with van der Waals surface area (Å²) in [6.07, 6.45) is 1.88. The Kier molecular flexibility index (Phi) is 4.95. The lowest BCUT2D eigenvalue weighted by Gasteiger charge is -2.43. The highest BCUT2D eigenvalue weighted by Crippen LogP contribution is 2.60. The largest absolute Gasteiger partial charge is 0.368 e. The van der Waals surface area contributed by atoms with Gasteiger partial charge in [-0.3, -0.25) is 9.36 Å². The number of piperidine rings is 1. The van der Waals surface area contributed by atoms with E-state index in [0.717, 1.165) is 0 Å². The molecule has 0 aromatic heterocycles. The van der Waals surface area contributed by atoms with Gasteiger partial charge in [-0.15, -0.1) is 0 Å². The molecule has 0 bridgehead atoms. The molecule has 0 saturated carbocycles. The van der Waals surface area contributed by atoms with E-state index < -0.39 is 24.7 Å². The van der Waals surface area contributed by atoms with Crippen LogP contribution in [-0.4, -0.2) is 33.4 Å². The van der Waals surface area contributed by atoms with E-state index in [0.29, 0.717) is 32.2 Å². The van der Waals surface area contributed by atoms with E-state index in [4.69, 9.17) is 5.73 Å². The van der Waals surface area contributed by atoms with Gasteiger partial charge in [0, 0.05) is 0 Å². The Labute approximate surface area is 107 Å². The van der Waals surface area contributed by atoms with Crippen LogP contribution in [0.25, 0.3) is 0 Å². The number of hydrogen-bond acceptors (Lipinski definition) is 3. The molecule has 0 radical (unpaired) electrons. The summed E-state index contributed by atoms with van der Waals surface area (Å²) in [6.45, 7) is 4.16. The first kappa shape index (κ1) is 15.6. The van der Waals surface area contributed by atoms with Gasteiger partial charge in [0.25, 0.3) is 0 Å². The summed E-state index contributed by atoms with van der Waals surface area (Å²) in [6, 6.07) is -0.479. The average molecular weight is 278 g/mol. The second-order valence-corrected chi connectivity index (χ2v) is 6.96. The maximum atomic E-state index is 11.8. The number of carbonyl (C=O) groups excluding carboxylic acids is 1. The van der Waals surface area contributed by atoms with Crippen LogP contribution < -0.4 is 11.1 Å². The van der Waals surface area contributed by atoms with Gasteiger partial charge in [0.05, 0.1) is 11.2 Å². The molecule has 1 fully saturated rings. The van der Waals surface area contributed by atoms with Crippen molar-refractivity contribution in [2.24, 2.45) is 11.7 Å². The minimum Gasteiger partial charge on any atom is -0.368 e. The van der Waals surface area contributed by atoms with Crippen LogP contribution in [0.3, 0.4) is 0 Å². The highest BCUT2D eigenvalue weighted by molar-refractivity contribution is 7.53. The van der Waals surface area contributed by atoms with Crippen molar-refractivity contribution in [3.05, 3.63) is 0 Å². The monoisotopic (exact) mass is 278 g/mol. The highest BCUT2D eigenvalue weighted by Gasteiger charge is 2.51. The zero-order valence-corrected chi connectivity index (χ0v) is 11.8. The van der Waals surface area contributed by atoms with Crippen LogP contribution in [-0.2, 0) is 9.36 Å². The third kappa shape index (κ3) is 2.77. The molecule has 1 amide bonds. The van der Waals surface area contributed by atoms with E-state index in [2.05, 4.69) is 5.32 Å². The lowest BCUT2D eigenvalue weighted by atomic mass is 9.78. The number of amides is 1. The number of nitrogens with two attached hydrogens (primary N) is 1. The van der Waals surface area contributed by atoms with Gasteiger partial charge >= 0.3 is 7.60 Å². The van der Waals surface area contributed by atoms with Crippen molar-refractivity contribution >= 4 is 13.5 Å². The maximum Gasteiger partial charge on any atom is 0.331 e. The summed E-state index contributed by atoms with van der Waals surface area (Å²) >= 11 is 0. The van der Waals surface area contributed by atoms with Crippen molar-refractivity contribution in [2.75, 3.05) is 6.54 Å². The van der Waals surface area contributed by atoms with Gasteiger partial charge in [-0.1, -0.05) is 13.8 Å². The average Bonchev–Trinajstić information content (AvgIpc) is 2.30. The SMILES string of the molecule is CCC(CC)([C@@H]1CCN[C@H](C(N)=O)C1)P(=O)(O)O. The highest BCUT2D eigenvalue weighted by atomic mass is 31.2. The molecular weight excluding hydrogens is 255 g/mol. The van der Waals surface area contributed by atoms with Crippen LogP contribution in [0.4, 0.5) is 0 Å². The smallest absolute Gasteiger partial charge is 0.331 e. The molecule has 1 heterocycles. The van der Waals surface area contributed by atoms with Crippen LogP contribution >= 0.6 is 7.60 Å². The fourth-order valence-electron chi connectivity index (χ4n) is 3.10. The number of rotatable bonds is 5. The molecule has 0 unspecified atom stereocenters. The fourth-order valence-corrected chi connectivity index (χ4v) is 4.63. The molecular formula is C11H23N2O4P. The zero-order valence-electron chi connectivity index (χ0n) is 10.9. The first-order valence-electron chi connectivity index (χ1n) is 6.36. The van der Waals surface area contributed by atoms with Crippen LogP contribution in [0.5, 0.6) is 0 Å². The third-order valence-corrected chi connectivity index (χ3v) is 6.47. The van der Waals surface area contributed by atoms with E-state index >= 15 is 0 Å². The van der Waals surface area contributed by atoms with Crippen LogP contribution in [0.15, 0.2) is 0 Å². The lowest BCUT2D eigenvalue weighted by Crippen LogP contribution is -2.51. The Morgan fingerprint density at radius 3 is 2.39 bits per heavy atom. The Bertz CT molecular complexity index is 351. The van der Waals surface area contributed by atoms with Gasteiger partial charge in [0.15, 0.2) is 0 Å². The Balaban J connectivity index is 3.00. The number of nitrogens with one attached hydrogen (secondary N) is 1. The summed E-state index contributed by atoms with van der Waals surface area (Å²) in [5.74, 6) is -0.626. The van der Waals surface area contributed by atoms with E-state index in [1.807, 2.05) is 0 Å². The van der Waals surface area contributed by atoms with Gasteiger partial charge in [0.2, 0.25) is 5.91 Å². The van der Waals surface area contributed by atoms with Crippen molar-refractivity contribution in [1.29, 1.82) is 0 Å². The summed E-state index contributed by atoms with van der Waals surface area (Å²) in [5, 5.41) is 1.97. The predicted molar refractivity (Wildman–Crippen MR) is 69.1 cm³/mol. The zero-order chi connectivity index (χ0) is 14.0. The van der Waals surface area contributed by atoms with Gasteiger partial charge in [-0.25, -0.2) is 0 Å². The van der Waals surface area contributed by atoms with Crippen molar-refractivity contribution in [3.63, 3.8) is 0 Å². The molecule has 2 atom stereocenters. The molecule has 0 aliphatic carbocycles. The fraction of sp³-hybridized carbons (Fsp3) is 0.909. The first-order chi connectivity index (χ1) is 8.28. The van der Waals surface area contributed by atoms with E-state index in [1.54, 1.807) is 13.8 Å². The summed E-state index contributed by atoms with van der Waals surface area (Å²) < 4.78 is 11.8. The van der Waals surface area contributed by atoms with Crippen molar-refractivity contribution < 1.29 is 19.1 Å². The molecule has 0 aromatic carbocycles. The van der Waals surface area contributed by atoms with Gasteiger partial charge in [0.1, 0.15) is 0 Å². The molecule has 0 aromatic rings. The molecule has 0 spiro atoms. The van der Waals surface area contributed by atoms with E-state index in [-0.39, 0.29) is 5.92 Å². The summed E-state index contributed by atoms with van der Waals surface area (Å²) in [4.78, 5) is 30.6. The predicted octanol–water partition coefficient (Wildman–Crippen LogP) is 0.576. The summed E-state index contributed by atoms with van der Waals surface area (Å²) in [5.41, 5.74) is 5.27. The number of primary amides is 1. The Morgan fingerprint density at radius 1 is 1.44 bits per heavy atom. The lowest BCUT2D eigenvalue weighted by molar-refractivity contribution is -0.121. The first-order valence-corrected chi connectivity index (χ1v) is 7.98. The van der Waals surface area contributed by atoms with Crippen LogP contribution in [0.2, 0.25) is 0 Å². The van der Waals surface area contributed by atoms with Gasteiger partial charge < -0.3 is 20.8 Å². The molecule has 1 rings (SSSR count). The minimum atomic E-state index is -4.21. The Hall–Kier alpha value is -0.420. The molecule has 1 saturated heterocycles. The molecule has 6 nitrogen and oxygen atoms in total. The molecule has 1 aliphatic rings. The minimum absolute atomic E-state index is 0.174. The topological polar surface area (TPSA) is 113 Å². The molecule has 1 aliphatic heterocycles. The normalized spacial score (nSPS) is 26.0. The second-order valence-electron chi connectivity index (χ2n) is 4.99. The standard InChI is InChI=1S/C11H23N2O4P/c1-3-11(4-2,18(15,16)17)8-5-6-13-9(7-8)10(12)14/h8-9,13H,3-7H2,1-2H3,(H2,12,14)(H2,15,16,17)/t8-,9+/m1/s1. The molecule has 106 valence electrons. The summed E-state index contributed by atoms with van der Waals surface area (Å²) in [7, 11) is -4.21. The maximum absolute atomic E-state index is 11.8. The Morgan fingerprint density at radius 2 is 2.00 bits per heavy atom. The quantitative estimate of drug-likeness (QED) is 0.549. The van der Waals surface area contributed by atoms with Crippen molar-refractivity contribution in [3.8, 4) is 0 Å². The van der Waals surface area contributed by atoms with Crippen LogP contribution in [0, 0.1) is 5.92 Å². The second kappa shape index (κ2) is 5.70. The van der Waals surface area contributed by atoms with Crippen LogP contribution in [0.1, 0.15) is 39.5 Å². The van der Waals surface area contributed by atoms with E-state index in [9.17, 15) is 19.1 Å². The van der Waals surface area contributed by atoms with Gasteiger partial charge in [-0.05, 0) is 38.1 Å². The number of carbonyl (C=O) groups is 1. The molecule has 5 N–H and O–H groups in total. The molecule has 18 heavy (non-hydrogen) atoms. The van der Waals surface area contributed by atoms with Crippen molar-refractivity contribution in [1.82, 2.24) is 5.32 Å². The molecule has 7 heteroatoms. The van der Waals surface area contributed by atoms with Gasteiger partial charge in [-0.2, -0.15) is 0 Å².